The van der Waals surface area contributed by atoms with Gasteiger partial charge in [-0.3, -0.25) is 4.79 Å². The van der Waals surface area contributed by atoms with Gasteiger partial charge in [0.05, 0.1) is 7.11 Å². The van der Waals surface area contributed by atoms with Crippen LogP contribution < -0.4 is 10.4 Å². The van der Waals surface area contributed by atoms with Crippen molar-refractivity contribution in [2.24, 2.45) is 5.92 Å². The Morgan fingerprint density at radius 3 is 2.70 bits per heavy atom. The number of hydrogen-bond donors (Lipinski definition) is 0. The van der Waals surface area contributed by atoms with Gasteiger partial charge >= 0.3 is 5.63 Å². The third-order valence-corrected chi connectivity index (χ3v) is 5.34. The van der Waals surface area contributed by atoms with Crippen LogP contribution in [-0.4, -0.2) is 30.5 Å². The maximum atomic E-state index is 12.8. The number of benzene rings is 1. The quantitative estimate of drug-likeness (QED) is 0.656. The van der Waals surface area contributed by atoms with E-state index in [1.165, 1.54) is 0 Å². The molecule has 1 aromatic carbocycles. The number of amides is 1. The van der Waals surface area contributed by atoms with Crippen LogP contribution in [0.2, 0.25) is 0 Å². The van der Waals surface area contributed by atoms with Crippen LogP contribution in [0.4, 0.5) is 0 Å². The molecular formula is C22H29NO4. The third kappa shape index (κ3) is 4.52. The van der Waals surface area contributed by atoms with Gasteiger partial charge in [0.15, 0.2) is 0 Å². The summed E-state index contributed by atoms with van der Waals surface area (Å²) < 4.78 is 10.7. The zero-order valence-electron chi connectivity index (χ0n) is 16.7. The van der Waals surface area contributed by atoms with E-state index in [1.807, 2.05) is 24.0 Å². The average molecular weight is 371 g/mol. The van der Waals surface area contributed by atoms with Gasteiger partial charge in [0.1, 0.15) is 11.3 Å². The van der Waals surface area contributed by atoms with E-state index >= 15 is 0 Å². The molecule has 1 aromatic heterocycles. The summed E-state index contributed by atoms with van der Waals surface area (Å²) in [5.74, 6) is 1.37. The minimum atomic E-state index is -0.360. The van der Waals surface area contributed by atoms with Gasteiger partial charge in [0, 0.05) is 36.0 Å². The lowest BCUT2D eigenvalue weighted by molar-refractivity contribution is -0.131. The normalized spacial score (nSPS) is 14.0. The van der Waals surface area contributed by atoms with E-state index in [2.05, 4.69) is 13.8 Å². The topological polar surface area (TPSA) is 59.8 Å². The van der Waals surface area contributed by atoms with E-state index in [4.69, 9.17) is 9.15 Å². The van der Waals surface area contributed by atoms with Gasteiger partial charge in [-0.2, -0.15) is 0 Å². The Kier molecular flexibility index (Phi) is 5.88. The van der Waals surface area contributed by atoms with Crippen molar-refractivity contribution in [2.45, 2.75) is 58.9 Å². The number of aryl methyl sites for hydroxylation is 1. The van der Waals surface area contributed by atoms with Crippen molar-refractivity contribution in [3.63, 3.8) is 0 Å². The van der Waals surface area contributed by atoms with Crippen molar-refractivity contribution >= 4 is 16.9 Å². The van der Waals surface area contributed by atoms with Gasteiger partial charge in [-0.1, -0.05) is 13.8 Å². The molecule has 5 heteroatoms. The lowest BCUT2D eigenvalue weighted by Gasteiger charge is -2.23. The first kappa shape index (κ1) is 19.5. The summed E-state index contributed by atoms with van der Waals surface area (Å²) in [7, 11) is 1.58. The van der Waals surface area contributed by atoms with Gasteiger partial charge in [0.25, 0.3) is 0 Å². The van der Waals surface area contributed by atoms with Crippen LogP contribution in [0.1, 0.15) is 50.7 Å². The Bertz CT molecular complexity index is 880. The largest absolute Gasteiger partial charge is 0.497 e. The minimum Gasteiger partial charge on any atom is -0.497 e. The Morgan fingerprint density at radius 1 is 1.33 bits per heavy atom. The monoisotopic (exact) mass is 371 g/mol. The molecule has 0 unspecified atom stereocenters. The van der Waals surface area contributed by atoms with Crippen molar-refractivity contribution in [3.8, 4) is 5.75 Å². The van der Waals surface area contributed by atoms with Crippen LogP contribution in [0.15, 0.2) is 27.4 Å². The zero-order valence-corrected chi connectivity index (χ0v) is 16.7. The first-order valence-electron chi connectivity index (χ1n) is 9.80. The fourth-order valence-electron chi connectivity index (χ4n) is 3.46. The molecule has 1 aliphatic carbocycles. The molecule has 3 rings (SSSR count). The number of fused-ring (bicyclic) bond motifs is 1. The molecule has 1 heterocycles. The molecule has 2 aromatic rings. The number of ether oxygens (including phenoxy) is 1. The second kappa shape index (κ2) is 8.15. The molecule has 146 valence electrons. The highest BCUT2D eigenvalue weighted by molar-refractivity contribution is 5.83. The van der Waals surface area contributed by atoms with E-state index in [1.54, 1.807) is 13.2 Å². The number of rotatable bonds is 8. The van der Waals surface area contributed by atoms with Gasteiger partial charge < -0.3 is 14.1 Å². The molecule has 5 nitrogen and oxygen atoms in total. The maximum absolute atomic E-state index is 12.8. The summed E-state index contributed by atoms with van der Waals surface area (Å²) in [4.78, 5) is 27.2. The fourth-order valence-corrected chi connectivity index (χ4v) is 3.46. The van der Waals surface area contributed by atoms with Crippen molar-refractivity contribution in [3.05, 3.63) is 39.7 Å². The van der Waals surface area contributed by atoms with Crippen LogP contribution in [-0.2, 0) is 11.2 Å². The van der Waals surface area contributed by atoms with Gasteiger partial charge in [-0.25, -0.2) is 4.79 Å². The average Bonchev–Trinajstić information content (AvgIpc) is 3.45. The Balaban J connectivity index is 1.76. The molecule has 1 fully saturated rings. The number of carbonyl (C=O) groups is 1. The first-order valence-corrected chi connectivity index (χ1v) is 9.80. The molecule has 0 bridgehead atoms. The number of nitrogens with zero attached hydrogens (tertiary/aromatic N) is 1. The molecular weight excluding hydrogens is 342 g/mol. The summed E-state index contributed by atoms with van der Waals surface area (Å²) in [6.45, 7) is 7.08. The maximum Gasteiger partial charge on any atom is 0.339 e. The van der Waals surface area contributed by atoms with Gasteiger partial charge in [-0.15, -0.1) is 0 Å². The third-order valence-electron chi connectivity index (χ3n) is 5.34. The molecule has 0 radical (unpaired) electrons. The minimum absolute atomic E-state index is 0.145. The molecule has 0 saturated heterocycles. The van der Waals surface area contributed by atoms with E-state index in [0.29, 0.717) is 41.7 Å². The molecule has 0 aliphatic heterocycles. The summed E-state index contributed by atoms with van der Waals surface area (Å²) in [5.41, 5.74) is 1.64. The smallest absolute Gasteiger partial charge is 0.339 e. The Labute approximate surface area is 160 Å². The van der Waals surface area contributed by atoms with E-state index in [-0.39, 0.29) is 11.5 Å². The lowest BCUT2D eigenvalue weighted by atomic mass is 10.0. The Hall–Kier alpha value is -2.30. The molecule has 27 heavy (non-hydrogen) atoms. The van der Waals surface area contributed by atoms with Crippen LogP contribution >= 0.6 is 0 Å². The number of hydrogen-bond acceptors (Lipinski definition) is 4. The molecule has 1 amide bonds. The highest BCUT2D eigenvalue weighted by atomic mass is 16.5. The number of methoxy groups -OCH3 is 1. The van der Waals surface area contributed by atoms with Crippen molar-refractivity contribution < 1.29 is 13.9 Å². The highest BCUT2D eigenvalue weighted by Crippen LogP contribution is 2.29. The molecule has 1 aliphatic rings. The zero-order chi connectivity index (χ0) is 19.6. The second-order valence-corrected chi connectivity index (χ2v) is 7.86. The van der Waals surface area contributed by atoms with Crippen molar-refractivity contribution in [2.75, 3.05) is 13.7 Å². The van der Waals surface area contributed by atoms with E-state index in [0.717, 1.165) is 36.8 Å². The van der Waals surface area contributed by atoms with Crippen molar-refractivity contribution in [1.82, 2.24) is 4.90 Å². The van der Waals surface area contributed by atoms with Gasteiger partial charge in [-0.05, 0) is 56.2 Å². The second-order valence-electron chi connectivity index (χ2n) is 7.86. The van der Waals surface area contributed by atoms with Crippen LogP contribution in [0, 0.1) is 12.8 Å². The van der Waals surface area contributed by atoms with Crippen LogP contribution in [0.3, 0.4) is 0 Å². The van der Waals surface area contributed by atoms with Crippen LogP contribution in [0.25, 0.3) is 11.0 Å². The summed E-state index contributed by atoms with van der Waals surface area (Å²) in [6, 6.07) is 5.87. The summed E-state index contributed by atoms with van der Waals surface area (Å²) in [5, 5.41) is 0.886. The molecule has 1 saturated carbocycles. The predicted octanol–water partition coefficient (Wildman–Crippen LogP) is 4.08. The van der Waals surface area contributed by atoms with Crippen molar-refractivity contribution in [1.29, 1.82) is 0 Å². The fraction of sp³-hybridized carbons (Fsp3) is 0.545. The molecule has 0 spiro atoms. The predicted molar refractivity (Wildman–Crippen MR) is 106 cm³/mol. The summed E-state index contributed by atoms with van der Waals surface area (Å²) >= 11 is 0. The SMILES string of the molecule is COc1ccc2c(C)c(CCC(=O)N(CCC(C)C)C3CC3)c(=O)oc2c1. The highest BCUT2D eigenvalue weighted by Gasteiger charge is 2.32. The Morgan fingerprint density at radius 2 is 2.07 bits per heavy atom. The standard InChI is InChI=1S/C22H29NO4/c1-14(2)11-12-23(16-5-6-16)21(24)10-9-19-15(3)18-8-7-17(26-4)13-20(18)27-22(19)25/h7-8,13-14,16H,5-6,9-12H2,1-4H3. The van der Waals surface area contributed by atoms with Gasteiger partial charge in [0.2, 0.25) is 5.91 Å². The van der Waals surface area contributed by atoms with E-state index in [9.17, 15) is 9.59 Å². The molecule has 0 N–H and O–H groups in total. The first-order chi connectivity index (χ1) is 12.9. The van der Waals surface area contributed by atoms with E-state index < -0.39 is 0 Å². The molecule has 0 atom stereocenters. The lowest BCUT2D eigenvalue weighted by Crippen LogP contribution is -2.35. The number of carbonyl (C=O) groups excluding carboxylic acids is 1. The van der Waals surface area contributed by atoms with Crippen LogP contribution in [0.5, 0.6) is 5.75 Å². The summed E-state index contributed by atoms with van der Waals surface area (Å²) in [6.07, 6.45) is 3.98.